The van der Waals surface area contributed by atoms with Gasteiger partial charge in [0.25, 0.3) is 0 Å². The second-order valence-electron chi connectivity index (χ2n) is 3.95. The monoisotopic (exact) mass is 266 g/mol. The molecule has 6 heteroatoms. The number of hydrogen-bond acceptors (Lipinski definition) is 4. The summed E-state index contributed by atoms with van der Waals surface area (Å²) < 4.78 is 0. The van der Waals surface area contributed by atoms with Crippen molar-refractivity contribution in [3.63, 3.8) is 0 Å². The van der Waals surface area contributed by atoms with Gasteiger partial charge in [-0.25, -0.2) is 4.79 Å². The quantitative estimate of drug-likeness (QED) is 0.761. The number of aromatic carboxylic acids is 1. The summed E-state index contributed by atoms with van der Waals surface area (Å²) in [6.07, 6.45) is 0. The van der Waals surface area contributed by atoms with Crippen molar-refractivity contribution in [2.75, 3.05) is 23.4 Å². The number of carboxylic acids is 1. The van der Waals surface area contributed by atoms with Gasteiger partial charge in [-0.1, -0.05) is 0 Å². The zero-order chi connectivity index (χ0) is 13.0. The van der Waals surface area contributed by atoms with Crippen LogP contribution in [0.4, 0.5) is 5.69 Å². The molecule has 1 aliphatic heterocycles. The molecule has 1 saturated heterocycles. The number of rotatable bonds is 3. The molecule has 0 aromatic heterocycles. The molecule has 0 saturated carbocycles. The first-order valence-electron chi connectivity index (χ1n) is 5.62. The topological polar surface area (TPSA) is 78.4 Å². The Morgan fingerprint density at radius 3 is 2.61 bits per heavy atom. The second-order valence-corrected chi connectivity index (χ2v) is 5.10. The van der Waals surface area contributed by atoms with E-state index in [1.54, 1.807) is 23.9 Å². The van der Waals surface area contributed by atoms with Crippen molar-refractivity contribution in [2.45, 2.75) is 6.04 Å². The first kappa shape index (κ1) is 12.9. The Kier molecular flexibility index (Phi) is 4.22. The second kappa shape index (κ2) is 5.88. The van der Waals surface area contributed by atoms with Crippen molar-refractivity contribution >= 4 is 29.3 Å². The molecular formula is C12H14N2O3S. The fourth-order valence-electron chi connectivity index (χ4n) is 1.66. The molecule has 0 spiro atoms. The molecule has 1 amide bonds. The fourth-order valence-corrected chi connectivity index (χ4v) is 2.59. The lowest BCUT2D eigenvalue weighted by Crippen LogP contribution is -2.46. The van der Waals surface area contributed by atoms with Crippen LogP contribution >= 0.6 is 11.8 Å². The standard InChI is InChI=1S/C12H14N2O3S/c15-11(10-7-18-6-5-13-10)14-9-3-1-8(2-4-9)12(16)17/h1-4,10,13H,5-7H2,(H,14,15)(H,16,17). The lowest BCUT2D eigenvalue weighted by atomic mass is 10.2. The first-order valence-corrected chi connectivity index (χ1v) is 6.77. The number of carbonyl (C=O) groups excluding carboxylic acids is 1. The highest BCUT2D eigenvalue weighted by Gasteiger charge is 2.20. The number of hydrogen-bond donors (Lipinski definition) is 3. The molecule has 1 aliphatic rings. The van der Waals surface area contributed by atoms with E-state index in [-0.39, 0.29) is 17.5 Å². The van der Waals surface area contributed by atoms with E-state index in [1.165, 1.54) is 12.1 Å². The van der Waals surface area contributed by atoms with Gasteiger partial charge in [-0.15, -0.1) is 0 Å². The normalized spacial score (nSPS) is 19.2. The third-order valence-electron chi connectivity index (χ3n) is 2.64. The van der Waals surface area contributed by atoms with E-state index in [2.05, 4.69) is 10.6 Å². The molecule has 0 aliphatic carbocycles. The van der Waals surface area contributed by atoms with Crippen molar-refractivity contribution in [2.24, 2.45) is 0 Å². The highest BCUT2D eigenvalue weighted by atomic mass is 32.2. The third kappa shape index (κ3) is 3.24. The molecule has 1 aromatic rings. The predicted molar refractivity (Wildman–Crippen MR) is 71.1 cm³/mol. The molecule has 1 fully saturated rings. The molecule has 1 aromatic carbocycles. The first-order chi connectivity index (χ1) is 8.66. The molecule has 18 heavy (non-hydrogen) atoms. The van der Waals surface area contributed by atoms with Crippen LogP contribution in [-0.4, -0.2) is 41.1 Å². The van der Waals surface area contributed by atoms with Gasteiger partial charge in [-0.3, -0.25) is 4.79 Å². The summed E-state index contributed by atoms with van der Waals surface area (Å²) in [5, 5.41) is 14.7. The molecule has 0 radical (unpaired) electrons. The molecule has 1 unspecified atom stereocenters. The van der Waals surface area contributed by atoms with Crippen LogP contribution in [-0.2, 0) is 4.79 Å². The van der Waals surface area contributed by atoms with Gasteiger partial charge in [-0.2, -0.15) is 11.8 Å². The van der Waals surface area contributed by atoms with Gasteiger partial charge in [0.1, 0.15) is 0 Å². The Labute approximate surface area is 109 Å². The smallest absolute Gasteiger partial charge is 0.335 e. The molecule has 2 rings (SSSR count). The van der Waals surface area contributed by atoms with E-state index in [0.29, 0.717) is 5.69 Å². The Balaban J connectivity index is 1.96. The largest absolute Gasteiger partial charge is 0.478 e. The van der Waals surface area contributed by atoms with Crippen LogP contribution in [0, 0.1) is 0 Å². The molecule has 3 N–H and O–H groups in total. The number of nitrogens with one attached hydrogen (secondary N) is 2. The Morgan fingerprint density at radius 2 is 2.06 bits per heavy atom. The van der Waals surface area contributed by atoms with Crippen molar-refractivity contribution in [1.29, 1.82) is 0 Å². The molecule has 0 bridgehead atoms. The van der Waals surface area contributed by atoms with E-state index < -0.39 is 5.97 Å². The van der Waals surface area contributed by atoms with Crippen molar-refractivity contribution in [1.82, 2.24) is 5.32 Å². The van der Waals surface area contributed by atoms with Crippen LogP contribution in [0.2, 0.25) is 0 Å². The van der Waals surface area contributed by atoms with Gasteiger partial charge in [-0.05, 0) is 24.3 Å². The summed E-state index contributed by atoms with van der Waals surface area (Å²) in [5.41, 5.74) is 0.821. The van der Waals surface area contributed by atoms with Gasteiger partial charge in [0.05, 0.1) is 11.6 Å². The molecule has 5 nitrogen and oxygen atoms in total. The van der Waals surface area contributed by atoms with Gasteiger partial charge >= 0.3 is 5.97 Å². The van der Waals surface area contributed by atoms with Crippen molar-refractivity contribution in [3.8, 4) is 0 Å². The SMILES string of the molecule is O=C(O)c1ccc(NC(=O)C2CSCCN2)cc1. The molecule has 1 atom stereocenters. The Morgan fingerprint density at radius 1 is 1.33 bits per heavy atom. The van der Waals surface area contributed by atoms with Gasteiger partial charge in [0.2, 0.25) is 5.91 Å². The Bertz CT molecular complexity index is 441. The van der Waals surface area contributed by atoms with E-state index >= 15 is 0 Å². The predicted octanol–water partition coefficient (Wildman–Crippen LogP) is 1.03. The fraction of sp³-hybridized carbons (Fsp3) is 0.333. The third-order valence-corrected chi connectivity index (χ3v) is 3.70. The van der Waals surface area contributed by atoms with Crippen molar-refractivity contribution in [3.05, 3.63) is 29.8 Å². The average Bonchev–Trinajstić information content (AvgIpc) is 2.40. The minimum absolute atomic E-state index is 0.0784. The van der Waals surface area contributed by atoms with Gasteiger partial charge < -0.3 is 15.7 Å². The van der Waals surface area contributed by atoms with Crippen LogP contribution in [0.5, 0.6) is 0 Å². The highest BCUT2D eigenvalue weighted by molar-refractivity contribution is 7.99. The number of thioether (sulfide) groups is 1. The highest BCUT2D eigenvalue weighted by Crippen LogP contribution is 2.12. The molecule has 1 heterocycles. The number of amides is 1. The molecule has 96 valence electrons. The Hall–Kier alpha value is -1.53. The summed E-state index contributed by atoms with van der Waals surface area (Å²) in [5.74, 6) is 0.736. The lowest BCUT2D eigenvalue weighted by molar-refractivity contribution is -0.117. The van der Waals surface area contributed by atoms with E-state index in [9.17, 15) is 9.59 Å². The number of carbonyl (C=O) groups is 2. The lowest BCUT2D eigenvalue weighted by Gasteiger charge is -2.22. The summed E-state index contributed by atoms with van der Waals surface area (Å²) >= 11 is 1.75. The maximum Gasteiger partial charge on any atom is 0.335 e. The van der Waals surface area contributed by atoms with Crippen LogP contribution in [0.3, 0.4) is 0 Å². The van der Waals surface area contributed by atoms with Crippen LogP contribution < -0.4 is 10.6 Å². The van der Waals surface area contributed by atoms with Crippen LogP contribution in [0.1, 0.15) is 10.4 Å². The van der Waals surface area contributed by atoms with E-state index in [4.69, 9.17) is 5.11 Å². The van der Waals surface area contributed by atoms with Gasteiger partial charge in [0.15, 0.2) is 0 Å². The number of carboxylic acid groups (broad SMARTS) is 1. The zero-order valence-corrected chi connectivity index (χ0v) is 10.5. The summed E-state index contributed by atoms with van der Waals surface area (Å²) in [6, 6.07) is 5.96. The maximum absolute atomic E-state index is 11.9. The maximum atomic E-state index is 11.9. The minimum atomic E-state index is -0.974. The average molecular weight is 266 g/mol. The summed E-state index contributed by atoms with van der Waals surface area (Å²) in [7, 11) is 0. The van der Waals surface area contributed by atoms with E-state index in [1.807, 2.05) is 0 Å². The number of anilines is 1. The van der Waals surface area contributed by atoms with Crippen LogP contribution in [0.25, 0.3) is 0 Å². The van der Waals surface area contributed by atoms with Crippen molar-refractivity contribution < 1.29 is 14.7 Å². The zero-order valence-electron chi connectivity index (χ0n) is 9.68. The molecular weight excluding hydrogens is 252 g/mol. The summed E-state index contributed by atoms with van der Waals surface area (Å²) in [6.45, 7) is 0.834. The van der Waals surface area contributed by atoms with Crippen LogP contribution in [0.15, 0.2) is 24.3 Å². The summed E-state index contributed by atoms with van der Waals surface area (Å²) in [4.78, 5) is 22.6. The van der Waals surface area contributed by atoms with Gasteiger partial charge in [0, 0.05) is 23.7 Å². The number of benzene rings is 1. The minimum Gasteiger partial charge on any atom is -0.478 e. The van der Waals surface area contributed by atoms with E-state index in [0.717, 1.165) is 18.1 Å².